The number of hydrogen-bond acceptors (Lipinski definition) is 10. The Bertz CT molecular complexity index is 1830. The van der Waals surface area contributed by atoms with E-state index in [2.05, 4.69) is 4.98 Å². The van der Waals surface area contributed by atoms with Crippen molar-refractivity contribution in [3.8, 4) is 23.0 Å². The SMILES string of the molecule is COC(=O)C[C@@H](c1c(O)c(C(C)=O)cc([C@H]2OCc3cnc(C)c(O)c32)c1O)c1cc2ccc(OC)cc2n(C)c1=O. The van der Waals surface area contributed by atoms with Crippen molar-refractivity contribution in [1.82, 2.24) is 9.55 Å². The zero-order chi connectivity index (χ0) is 30.5. The molecule has 2 aromatic carbocycles. The summed E-state index contributed by atoms with van der Waals surface area (Å²) in [5, 5.41) is 34.6. The highest BCUT2D eigenvalue weighted by Gasteiger charge is 2.37. The molecule has 4 aromatic rings. The Morgan fingerprint density at radius 3 is 2.52 bits per heavy atom. The smallest absolute Gasteiger partial charge is 0.306 e. The van der Waals surface area contributed by atoms with E-state index in [1.54, 1.807) is 44.4 Å². The zero-order valence-corrected chi connectivity index (χ0v) is 23.7. The minimum absolute atomic E-state index is 0.0739. The number of esters is 1. The summed E-state index contributed by atoms with van der Waals surface area (Å²) in [6.45, 7) is 2.93. The Labute approximate surface area is 240 Å². The molecular formula is C31H30N2O9. The molecule has 5 rings (SSSR count). The lowest BCUT2D eigenvalue weighted by Crippen LogP contribution is -2.26. The van der Waals surface area contributed by atoms with Crippen LogP contribution >= 0.6 is 0 Å². The molecular weight excluding hydrogens is 544 g/mol. The molecule has 1 aliphatic rings. The number of aryl methyl sites for hydroxylation is 2. The maximum absolute atomic E-state index is 13.8. The standard InChI is InChI=1S/C31H30N2O9/c1-14-27(36)25-17(12-32-14)13-42-30(25)22-10-19(15(2)34)28(37)26(29(22)38)20(11-24(35)41-5)21-8-16-6-7-18(40-4)9-23(16)33(3)31(21)39/h6-10,12,20,30,36-38H,11,13H2,1-5H3/t20-,30-/m1/s1. The number of nitrogens with zero attached hydrogens (tertiary/aromatic N) is 2. The third-order valence-electron chi connectivity index (χ3n) is 7.81. The quantitative estimate of drug-likeness (QED) is 0.219. The summed E-state index contributed by atoms with van der Waals surface area (Å²) in [6, 6.07) is 8.02. The van der Waals surface area contributed by atoms with Gasteiger partial charge in [-0.3, -0.25) is 19.4 Å². The summed E-state index contributed by atoms with van der Waals surface area (Å²) in [5.74, 6) is -3.13. The summed E-state index contributed by atoms with van der Waals surface area (Å²) < 4.78 is 17.5. The molecule has 11 nitrogen and oxygen atoms in total. The monoisotopic (exact) mass is 574 g/mol. The Morgan fingerprint density at radius 2 is 1.86 bits per heavy atom. The summed E-state index contributed by atoms with van der Waals surface area (Å²) in [5.41, 5.74) is 1.14. The van der Waals surface area contributed by atoms with Gasteiger partial charge in [0.25, 0.3) is 5.56 Å². The van der Waals surface area contributed by atoms with E-state index in [0.29, 0.717) is 33.5 Å². The number of pyridine rings is 2. The van der Waals surface area contributed by atoms with Crippen LogP contribution in [0.1, 0.15) is 69.2 Å². The van der Waals surface area contributed by atoms with Gasteiger partial charge >= 0.3 is 5.97 Å². The predicted molar refractivity (Wildman–Crippen MR) is 151 cm³/mol. The number of benzene rings is 2. The number of rotatable bonds is 7. The lowest BCUT2D eigenvalue weighted by Gasteiger charge is -2.25. The topological polar surface area (TPSA) is 157 Å². The van der Waals surface area contributed by atoms with Crippen molar-refractivity contribution in [2.75, 3.05) is 14.2 Å². The number of Topliss-reactive ketones (excluding diaryl/α,β-unsaturated/α-hetero) is 1. The van der Waals surface area contributed by atoms with E-state index >= 15 is 0 Å². The summed E-state index contributed by atoms with van der Waals surface area (Å²) in [7, 11) is 4.25. The molecule has 3 N–H and O–H groups in total. The van der Waals surface area contributed by atoms with Gasteiger partial charge in [-0.05, 0) is 43.5 Å². The molecule has 218 valence electrons. The highest BCUT2D eigenvalue weighted by atomic mass is 16.5. The van der Waals surface area contributed by atoms with E-state index in [9.17, 15) is 29.7 Å². The number of methoxy groups -OCH3 is 2. The van der Waals surface area contributed by atoms with Crippen molar-refractivity contribution in [3.63, 3.8) is 0 Å². The number of ketones is 1. The summed E-state index contributed by atoms with van der Waals surface area (Å²) >= 11 is 0. The van der Waals surface area contributed by atoms with E-state index < -0.39 is 47.3 Å². The van der Waals surface area contributed by atoms with E-state index in [1.165, 1.54) is 31.8 Å². The van der Waals surface area contributed by atoms with E-state index in [-0.39, 0.29) is 34.6 Å². The second kappa shape index (κ2) is 10.8. The van der Waals surface area contributed by atoms with E-state index in [0.717, 1.165) is 0 Å². The van der Waals surface area contributed by atoms with Crippen molar-refractivity contribution in [3.05, 3.63) is 86.0 Å². The van der Waals surface area contributed by atoms with Crippen LogP contribution in [-0.4, -0.2) is 50.8 Å². The molecule has 2 aromatic heterocycles. The Kier molecular flexibility index (Phi) is 7.38. The number of carbonyl (C=O) groups excluding carboxylic acids is 2. The molecule has 1 aliphatic heterocycles. The highest BCUT2D eigenvalue weighted by Crippen LogP contribution is 2.50. The largest absolute Gasteiger partial charge is 0.507 e. The molecule has 0 spiro atoms. The number of carbonyl (C=O) groups is 2. The predicted octanol–water partition coefficient (Wildman–Crippen LogP) is 3.88. The van der Waals surface area contributed by atoms with Gasteiger partial charge < -0.3 is 34.1 Å². The number of aromatic nitrogens is 2. The fourth-order valence-corrected chi connectivity index (χ4v) is 5.53. The van der Waals surface area contributed by atoms with Crippen molar-refractivity contribution >= 4 is 22.7 Å². The first-order valence-electron chi connectivity index (χ1n) is 13.1. The van der Waals surface area contributed by atoms with Gasteiger partial charge in [-0.15, -0.1) is 0 Å². The van der Waals surface area contributed by atoms with Gasteiger partial charge in [0, 0.05) is 53.0 Å². The number of aromatic hydroxyl groups is 3. The van der Waals surface area contributed by atoms with Gasteiger partial charge in [-0.2, -0.15) is 0 Å². The number of hydrogen-bond donors (Lipinski definition) is 3. The first-order valence-corrected chi connectivity index (χ1v) is 13.1. The van der Waals surface area contributed by atoms with Crippen LogP contribution in [0, 0.1) is 6.92 Å². The maximum atomic E-state index is 13.8. The normalized spacial score (nSPS) is 14.9. The fourth-order valence-electron chi connectivity index (χ4n) is 5.53. The zero-order valence-electron chi connectivity index (χ0n) is 23.7. The molecule has 0 fully saturated rings. The lowest BCUT2D eigenvalue weighted by molar-refractivity contribution is -0.140. The Morgan fingerprint density at radius 1 is 1.12 bits per heavy atom. The van der Waals surface area contributed by atoms with Crippen LogP contribution in [0.25, 0.3) is 10.9 Å². The fraction of sp³-hybridized carbons (Fsp3) is 0.290. The highest BCUT2D eigenvalue weighted by molar-refractivity contribution is 5.98. The van der Waals surface area contributed by atoms with Gasteiger partial charge in [0.05, 0.1) is 44.0 Å². The second-order valence-corrected chi connectivity index (χ2v) is 10.2. The number of ether oxygens (including phenoxy) is 3. The number of fused-ring (bicyclic) bond motifs is 2. The van der Waals surface area contributed by atoms with Gasteiger partial charge in [0.2, 0.25) is 0 Å². The van der Waals surface area contributed by atoms with Crippen LogP contribution in [0.5, 0.6) is 23.0 Å². The Hall–Kier alpha value is -4.90. The van der Waals surface area contributed by atoms with Gasteiger partial charge in [-0.25, -0.2) is 0 Å². The van der Waals surface area contributed by atoms with Gasteiger partial charge in [-0.1, -0.05) is 0 Å². The Balaban J connectivity index is 1.81. The molecule has 2 atom stereocenters. The van der Waals surface area contributed by atoms with E-state index in [1.807, 2.05) is 0 Å². The second-order valence-electron chi connectivity index (χ2n) is 10.2. The lowest BCUT2D eigenvalue weighted by atomic mass is 9.83. The summed E-state index contributed by atoms with van der Waals surface area (Å²) in [4.78, 5) is 43.4. The molecule has 0 amide bonds. The van der Waals surface area contributed by atoms with Gasteiger partial charge in [0.1, 0.15) is 29.1 Å². The van der Waals surface area contributed by atoms with E-state index in [4.69, 9.17) is 14.2 Å². The van der Waals surface area contributed by atoms with Crippen molar-refractivity contribution in [2.24, 2.45) is 7.05 Å². The van der Waals surface area contributed by atoms with Crippen LogP contribution in [0.3, 0.4) is 0 Å². The van der Waals surface area contributed by atoms with Crippen LogP contribution in [0.4, 0.5) is 0 Å². The molecule has 3 heterocycles. The minimum Gasteiger partial charge on any atom is -0.507 e. The maximum Gasteiger partial charge on any atom is 0.306 e. The third kappa shape index (κ3) is 4.61. The van der Waals surface area contributed by atoms with Crippen molar-refractivity contribution in [2.45, 2.75) is 38.9 Å². The van der Waals surface area contributed by atoms with Crippen molar-refractivity contribution < 1.29 is 39.1 Å². The van der Waals surface area contributed by atoms with Crippen LogP contribution in [0.2, 0.25) is 0 Å². The molecule has 11 heteroatoms. The molecule has 0 saturated carbocycles. The molecule has 0 unspecified atom stereocenters. The molecule has 42 heavy (non-hydrogen) atoms. The molecule has 0 saturated heterocycles. The average molecular weight is 575 g/mol. The average Bonchev–Trinajstić information content (AvgIpc) is 3.40. The molecule has 0 radical (unpaired) electrons. The number of phenolic OH excluding ortho intramolecular Hbond substituents is 2. The first kappa shape index (κ1) is 28.6. The van der Waals surface area contributed by atoms with Crippen LogP contribution < -0.4 is 10.3 Å². The van der Waals surface area contributed by atoms with Crippen LogP contribution in [-0.2, 0) is 27.9 Å². The summed E-state index contributed by atoms with van der Waals surface area (Å²) in [6.07, 6.45) is 0.0959. The molecule has 0 aliphatic carbocycles. The molecule has 0 bridgehead atoms. The van der Waals surface area contributed by atoms with Crippen LogP contribution in [0.15, 0.2) is 41.3 Å². The number of phenols is 2. The first-order chi connectivity index (χ1) is 20.0. The van der Waals surface area contributed by atoms with Crippen molar-refractivity contribution in [1.29, 1.82) is 0 Å². The minimum atomic E-state index is -1.23. The van der Waals surface area contributed by atoms with Gasteiger partial charge in [0.15, 0.2) is 5.78 Å². The third-order valence-corrected chi connectivity index (χ3v) is 7.81.